The van der Waals surface area contributed by atoms with Crippen LogP contribution in [0.25, 0.3) is 0 Å². The van der Waals surface area contributed by atoms with Gasteiger partial charge in [-0.15, -0.1) is 0 Å². The summed E-state index contributed by atoms with van der Waals surface area (Å²) >= 11 is 0. The number of carbonyl (C=O) groups is 1. The fourth-order valence-electron chi connectivity index (χ4n) is 1.97. The Bertz CT molecular complexity index is 418. The maximum atomic E-state index is 13.5. The summed E-state index contributed by atoms with van der Waals surface area (Å²) in [5.41, 5.74) is 1.88. The van der Waals surface area contributed by atoms with Crippen LogP contribution < -0.4 is 5.32 Å². The van der Waals surface area contributed by atoms with Gasteiger partial charge in [0.2, 0.25) is 0 Å². The van der Waals surface area contributed by atoms with E-state index in [1.54, 1.807) is 6.92 Å². The van der Waals surface area contributed by atoms with Crippen molar-refractivity contribution >= 4 is 5.97 Å². The van der Waals surface area contributed by atoms with Crippen LogP contribution in [0.1, 0.15) is 28.4 Å². The molecule has 0 radical (unpaired) electrons. The minimum atomic E-state index is -0.361. The number of carbonyl (C=O) groups excluding carboxylic acids is 1. The van der Waals surface area contributed by atoms with Gasteiger partial charge >= 0.3 is 5.97 Å². The standard InChI is InChI=1S/C12H14FNO2/c1-2-16-12(15)9-3-4-11(13)10-7-14-6-5-8(9)10/h3-4,14H,2,5-7H2,1H3. The van der Waals surface area contributed by atoms with Crippen LogP contribution in [0.5, 0.6) is 0 Å². The summed E-state index contributed by atoms with van der Waals surface area (Å²) in [5.74, 6) is -0.615. The molecule has 2 rings (SSSR count). The monoisotopic (exact) mass is 223 g/mol. The smallest absolute Gasteiger partial charge is 0.338 e. The van der Waals surface area contributed by atoms with Gasteiger partial charge in [-0.2, -0.15) is 0 Å². The van der Waals surface area contributed by atoms with Crippen molar-refractivity contribution in [2.75, 3.05) is 13.2 Å². The Kier molecular flexibility index (Phi) is 3.19. The third-order valence-corrected chi connectivity index (χ3v) is 2.72. The van der Waals surface area contributed by atoms with Crippen molar-refractivity contribution < 1.29 is 13.9 Å². The number of benzene rings is 1. The largest absolute Gasteiger partial charge is 0.462 e. The molecule has 4 heteroatoms. The molecule has 0 aromatic heterocycles. The van der Waals surface area contributed by atoms with Crippen molar-refractivity contribution in [1.29, 1.82) is 0 Å². The summed E-state index contributed by atoms with van der Waals surface area (Å²) in [7, 11) is 0. The first-order valence-electron chi connectivity index (χ1n) is 5.42. The number of hydrogen-bond acceptors (Lipinski definition) is 3. The molecule has 1 aliphatic rings. The highest BCUT2D eigenvalue weighted by molar-refractivity contribution is 5.91. The zero-order chi connectivity index (χ0) is 11.5. The lowest BCUT2D eigenvalue weighted by Crippen LogP contribution is -2.27. The topological polar surface area (TPSA) is 38.3 Å². The average molecular weight is 223 g/mol. The van der Waals surface area contributed by atoms with Gasteiger partial charge in [0.25, 0.3) is 0 Å². The predicted molar refractivity (Wildman–Crippen MR) is 57.8 cm³/mol. The summed E-state index contributed by atoms with van der Waals surface area (Å²) in [6.07, 6.45) is 0.668. The van der Waals surface area contributed by atoms with Crippen molar-refractivity contribution in [1.82, 2.24) is 5.32 Å². The van der Waals surface area contributed by atoms with E-state index < -0.39 is 0 Å². The molecule has 0 unspecified atom stereocenters. The van der Waals surface area contributed by atoms with E-state index in [4.69, 9.17) is 4.74 Å². The normalized spacial score (nSPS) is 14.4. The Morgan fingerprint density at radius 1 is 1.50 bits per heavy atom. The molecule has 1 aromatic carbocycles. The molecule has 1 heterocycles. The van der Waals surface area contributed by atoms with Crippen LogP contribution in [0.4, 0.5) is 4.39 Å². The summed E-state index contributed by atoms with van der Waals surface area (Å²) in [6.45, 7) is 3.34. The molecule has 0 saturated heterocycles. The molecule has 1 aliphatic heterocycles. The molecule has 3 nitrogen and oxygen atoms in total. The van der Waals surface area contributed by atoms with Crippen LogP contribution in [0, 0.1) is 5.82 Å². The van der Waals surface area contributed by atoms with Crippen molar-refractivity contribution in [3.63, 3.8) is 0 Å². The van der Waals surface area contributed by atoms with Gasteiger partial charge in [0, 0.05) is 12.1 Å². The maximum Gasteiger partial charge on any atom is 0.338 e. The summed E-state index contributed by atoms with van der Waals surface area (Å²) in [4.78, 5) is 11.7. The van der Waals surface area contributed by atoms with Crippen molar-refractivity contribution in [2.24, 2.45) is 0 Å². The fraction of sp³-hybridized carbons (Fsp3) is 0.417. The summed E-state index contributed by atoms with van der Waals surface area (Å²) in [5, 5.41) is 3.09. The quantitative estimate of drug-likeness (QED) is 0.775. The number of ether oxygens (including phenoxy) is 1. The third-order valence-electron chi connectivity index (χ3n) is 2.72. The highest BCUT2D eigenvalue weighted by Crippen LogP contribution is 2.22. The zero-order valence-electron chi connectivity index (χ0n) is 9.18. The Labute approximate surface area is 93.6 Å². The molecule has 0 saturated carbocycles. The molecule has 0 aliphatic carbocycles. The predicted octanol–water partition coefficient (Wildman–Crippen LogP) is 1.65. The minimum Gasteiger partial charge on any atom is -0.462 e. The number of fused-ring (bicyclic) bond motifs is 1. The second kappa shape index (κ2) is 4.61. The Morgan fingerprint density at radius 3 is 3.06 bits per heavy atom. The minimum absolute atomic E-state index is 0.254. The highest BCUT2D eigenvalue weighted by Gasteiger charge is 2.20. The average Bonchev–Trinajstić information content (AvgIpc) is 2.30. The van der Waals surface area contributed by atoms with Gasteiger partial charge in [-0.05, 0) is 37.6 Å². The van der Waals surface area contributed by atoms with Gasteiger partial charge in [-0.3, -0.25) is 0 Å². The van der Waals surface area contributed by atoms with E-state index in [-0.39, 0.29) is 11.8 Å². The van der Waals surface area contributed by atoms with Crippen LogP contribution in [0.15, 0.2) is 12.1 Å². The highest BCUT2D eigenvalue weighted by atomic mass is 19.1. The number of rotatable bonds is 2. The van der Waals surface area contributed by atoms with Gasteiger partial charge in [-0.25, -0.2) is 9.18 Å². The van der Waals surface area contributed by atoms with Gasteiger partial charge in [0.15, 0.2) is 0 Å². The second-order valence-corrected chi connectivity index (χ2v) is 3.70. The molecule has 1 aromatic rings. The molecular formula is C12H14FNO2. The lowest BCUT2D eigenvalue weighted by Gasteiger charge is -2.20. The van der Waals surface area contributed by atoms with E-state index in [2.05, 4.69) is 5.32 Å². The number of hydrogen-bond donors (Lipinski definition) is 1. The van der Waals surface area contributed by atoms with Gasteiger partial charge in [0.1, 0.15) is 5.82 Å². The summed E-state index contributed by atoms with van der Waals surface area (Å²) < 4.78 is 18.5. The van der Waals surface area contributed by atoms with Gasteiger partial charge < -0.3 is 10.1 Å². The lowest BCUT2D eigenvalue weighted by atomic mass is 9.95. The van der Waals surface area contributed by atoms with Gasteiger partial charge in [0.05, 0.1) is 12.2 Å². The van der Waals surface area contributed by atoms with Crippen molar-refractivity contribution in [3.05, 3.63) is 34.6 Å². The van der Waals surface area contributed by atoms with Crippen LogP contribution in [-0.4, -0.2) is 19.1 Å². The maximum absolute atomic E-state index is 13.5. The zero-order valence-corrected chi connectivity index (χ0v) is 9.18. The Morgan fingerprint density at radius 2 is 2.31 bits per heavy atom. The SMILES string of the molecule is CCOC(=O)c1ccc(F)c2c1CCNC2. The Hall–Kier alpha value is -1.42. The van der Waals surface area contributed by atoms with E-state index >= 15 is 0 Å². The molecule has 16 heavy (non-hydrogen) atoms. The molecule has 0 amide bonds. The van der Waals surface area contributed by atoms with E-state index in [1.165, 1.54) is 12.1 Å². The summed E-state index contributed by atoms with van der Waals surface area (Å²) in [6, 6.07) is 2.84. The molecule has 0 spiro atoms. The van der Waals surface area contributed by atoms with E-state index in [0.717, 1.165) is 12.1 Å². The molecule has 0 fully saturated rings. The molecule has 86 valence electrons. The van der Waals surface area contributed by atoms with E-state index in [9.17, 15) is 9.18 Å². The van der Waals surface area contributed by atoms with Crippen LogP contribution in [0.2, 0.25) is 0 Å². The first kappa shape index (κ1) is 11.1. The molecular weight excluding hydrogens is 209 g/mol. The number of esters is 1. The third kappa shape index (κ3) is 1.93. The first-order chi connectivity index (χ1) is 7.74. The van der Waals surface area contributed by atoms with Gasteiger partial charge in [-0.1, -0.05) is 0 Å². The van der Waals surface area contributed by atoms with E-state index in [0.29, 0.717) is 30.7 Å². The molecule has 0 atom stereocenters. The fourth-order valence-corrected chi connectivity index (χ4v) is 1.97. The lowest BCUT2D eigenvalue weighted by molar-refractivity contribution is 0.0524. The number of halogens is 1. The van der Waals surface area contributed by atoms with Crippen LogP contribution in [0.3, 0.4) is 0 Å². The van der Waals surface area contributed by atoms with Crippen molar-refractivity contribution in [2.45, 2.75) is 19.9 Å². The van der Waals surface area contributed by atoms with E-state index in [1.807, 2.05) is 0 Å². The molecule has 1 N–H and O–H groups in total. The van der Waals surface area contributed by atoms with Crippen molar-refractivity contribution in [3.8, 4) is 0 Å². The molecule has 0 bridgehead atoms. The number of nitrogens with one attached hydrogen (secondary N) is 1. The Balaban J connectivity index is 2.42. The van der Waals surface area contributed by atoms with Crippen LogP contribution >= 0.6 is 0 Å². The second-order valence-electron chi connectivity index (χ2n) is 3.70. The first-order valence-corrected chi connectivity index (χ1v) is 5.42. The van der Waals surface area contributed by atoms with Crippen LogP contribution in [-0.2, 0) is 17.7 Å².